The lowest BCUT2D eigenvalue weighted by Gasteiger charge is -2.27. The van der Waals surface area contributed by atoms with Gasteiger partial charge in [0.15, 0.2) is 0 Å². The number of piperidine rings is 1. The van der Waals surface area contributed by atoms with Gasteiger partial charge in [-0.3, -0.25) is 9.69 Å². The summed E-state index contributed by atoms with van der Waals surface area (Å²) in [5.74, 6) is 1.94. The molecule has 2 saturated heterocycles. The molecule has 2 aliphatic heterocycles. The highest BCUT2D eigenvalue weighted by Crippen LogP contribution is 2.19. The van der Waals surface area contributed by atoms with Gasteiger partial charge in [0, 0.05) is 19.2 Å². The predicted octanol–water partition coefficient (Wildman–Crippen LogP) is 1.21. The van der Waals surface area contributed by atoms with E-state index in [4.69, 9.17) is 4.74 Å². The number of amides is 1. The minimum absolute atomic E-state index is 0.0908. The van der Waals surface area contributed by atoms with Crippen LogP contribution in [0, 0.1) is 5.92 Å². The first-order valence-corrected chi connectivity index (χ1v) is 7.88. The Kier molecular flexibility index (Phi) is 4.39. The van der Waals surface area contributed by atoms with Crippen molar-refractivity contribution in [3.8, 4) is 0 Å². The number of aromatic amines is 1. The summed E-state index contributed by atoms with van der Waals surface area (Å²) < 4.78 is 5.29. The Morgan fingerprint density at radius 3 is 2.76 bits per heavy atom. The topological polar surface area (TPSA) is 46.9 Å². The standard InChI is InChI=1S/C16H23N3O2/c1-13-3-2-6-19(12-13)15-5-4-14(11-17-15)16(20)18-7-9-21-10-8-18/h4-5,11,13H,2-3,6-10,12H2,1H3/p+1/t13-/m1/s1. The third kappa shape index (κ3) is 3.35. The number of nitrogens with one attached hydrogen (secondary N) is 1. The summed E-state index contributed by atoms with van der Waals surface area (Å²) in [4.78, 5) is 19.9. The van der Waals surface area contributed by atoms with Gasteiger partial charge in [-0.15, -0.1) is 0 Å². The minimum Gasteiger partial charge on any atom is -0.378 e. The van der Waals surface area contributed by atoms with Crippen molar-refractivity contribution in [2.45, 2.75) is 19.8 Å². The predicted molar refractivity (Wildman–Crippen MR) is 80.3 cm³/mol. The van der Waals surface area contributed by atoms with Crippen LogP contribution in [-0.2, 0) is 4.74 Å². The Morgan fingerprint density at radius 2 is 2.10 bits per heavy atom. The van der Waals surface area contributed by atoms with Crippen molar-refractivity contribution in [3.63, 3.8) is 0 Å². The molecule has 0 unspecified atom stereocenters. The number of aromatic nitrogens is 1. The van der Waals surface area contributed by atoms with Gasteiger partial charge in [-0.2, -0.15) is 0 Å². The van der Waals surface area contributed by atoms with E-state index in [1.807, 2.05) is 23.2 Å². The maximum Gasteiger partial charge on any atom is 0.274 e. The molecule has 1 aromatic rings. The molecule has 0 saturated carbocycles. The second-order valence-electron chi connectivity index (χ2n) is 6.06. The summed E-state index contributed by atoms with van der Waals surface area (Å²) in [6.07, 6.45) is 4.39. The fourth-order valence-corrected chi connectivity index (χ4v) is 3.10. The monoisotopic (exact) mass is 290 g/mol. The molecule has 2 fully saturated rings. The van der Waals surface area contributed by atoms with Gasteiger partial charge >= 0.3 is 0 Å². The number of hydrogen-bond donors (Lipinski definition) is 0. The van der Waals surface area contributed by atoms with E-state index in [-0.39, 0.29) is 5.91 Å². The number of carbonyl (C=O) groups is 1. The summed E-state index contributed by atoms with van der Waals surface area (Å²) in [5, 5.41) is 0. The van der Waals surface area contributed by atoms with Crippen LogP contribution >= 0.6 is 0 Å². The van der Waals surface area contributed by atoms with Gasteiger partial charge in [-0.25, -0.2) is 4.98 Å². The molecular formula is C16H24N3O2+. The Morgan fingerprint density at radius 1 is 1.29 bits per heavy atom. The molecule has 0 spiro atoms. The van der Waals surface area contributed by atoms with E-state index in [9.17, 15) is 4.79 Å². The van der Waals surface area contributed by atoms with Gasteiger partial charge < -0.3 is 9.64 Å². The number of hydrogen-bond acceptors (Lipinski definition) is 3. The van der Waals surface area contributed by atoms with Crippen molar-refractivity contribution in [3.05, 3.63) is 23.9 Å². The van der Waals surface area contributed by atoms with Gasteiger partial charge in [-0.1, -0.05) is 6.92 Å². The molecule has 1 atom stereocenters. The van der Waals surface area contributed by atoms with E-state index < -0.39 is 0 Å². The molecule has 3 heterocycles. The van der Waals surface area contributed by atoms with E-state index in [0.29, 0.717) is 26.3 Å². The molecular weight excluding hydrogens is 266 g/mol. The summed E-state index contributed by atoms with van der Waals surface area (Å²) in [5.41, 5.74) is 0.728. The van der Waals surface area contributed by atoms with Crippen molar-refractivity contribution in [1.82, 2.24) is 4.90 Å². The first-order valence-electron chi connectivity index (χ1n) is 7.88. The number of ether oxygens (including phenoxy) is 1. The Balaban J connectivity index is 1.67. The van der Waals surface area contributed by atoms with Crippen LogP contribution in [0.15, 0.2) is 18.3 Å². The summed E-state index contributed by atoms with van der Waals surface area (Å²) in [6.45, 7) is 7.13. The van der Waals surface area contributed by atoms with E-state index in [1.165, 1.54) is 12.8 Å². The quantitative estimate of drug-likeness (QED) is 0.822. The number of morpholine rings is 1. The molecule has 1 N–H and O–H groups in total. The largest absolute Gasteiger partial charge is 0.378 e. The second kappa shape index (κ2) is 6.43. The lowest BCUT2D eigenvalue weighted by atomic mass is 10.0. The first-order chi connectivity index (χ1) is 10.2. The van der Waals surface area contributed by atoms with Crippen LogP contribution in [0.5, 0.6) is 0 Å². The zero-order valence-electron chi connectivity index (χ0n) is 12.7. The van der Waals surface area contributed by atoms with Gasteiger partial charge in [0.05, 0.1) is 31.9 Å². The van der Waals surface area contributed by atoms with Crippen molar-refractivity contribution in [2.24, 2.45) is 5.92 Å². The summed E-state index contributed by atoms with van der Waals surface area (Å²) >= 11 is 0. The van der Waals surface area contributed by atoms with E-state index in [2.05, 4.69) is 16.8 Å². The molecule has 0 radical (unpaired) electrons. The molecule has 3 rings (SSSR count). The van der Waals surface area contributed by atoms with Crippen LogP contribution in [0.2, 0.25) is 0 Å². The number of pyridine rings is 1. The van der Waals surface area contributed by atoms with E-state index in [0.717, 1.165) is 30.4 Å². The lowest BCUT2D eigenvalue weighted by Crippen LogP contribution is -2.41. The van der Waals surface area contributed by atoms with Gasteiger partial charge in [0.25, 0.3) is 11.7 Å². The van der Waals surface area contributed by atoms with Crippen molar-refractivity contribution >= 4 is 11.7 Å². The van der Waals surface area contributed by atoms with Crippen molar-refractivity contribution in [2.75, 3.05) is 44.3 Å². The van der Waals surface area contributed by atoms with E-state index in [1.54, 1.807) is 0 Å². The number of carbonyl (C=O) groups excluding carboxylic acids is 1. The SMILES string of the molecule is C[C@@H]1CCCN(c2ccc(C(=O)N3CCOCC3)c[nH+]2)C1. The van der Waals surface area contributed by atoms with E-state index >= 15 is 0 Å². The van der Waals surface area contributed by atoms with Crippen LogP contribution < -0.4 is 9.88 Å². The zero-order chi connectivity index (χ0) is 14.7. The van der Waals surface area contributed by atoms with Gasteiger partial charge in [0.1, 0.15) is 6.20 Å². The van der Waals surface area contributed by atoms with Gasteiger partial charge in [-0.05, 0) is 24.8 Å². The molecule has 5 heteroatoms. The molecule has 21 heavy (non-hydrogen) atoms. The number of nitrogens with zero attached hydrogens (tertiary/aromatic N) is 2. The molecule has 1 amide bonds. The van der Waals surface area contributed by atoms with Crippen LogP contribution in [0.3, 0.4) is 0 Å². The molecule has 0 aliphatic carbocycles. The summed E-state index contributed by atoms with van der Waals surface area (Å²) in [7, 11) is 0. The Labute approximate surface area is 125 Å². The normalized spacial score (nSPS) is 23.2. The second-order valence-corrected chi connectivity index (χ2v) is 6.06. The van der Waals surface area contributed by atoms with Crippen LogP contribution in [-0.4, -0.2) is 50.2 Å². The number of H-pyrrole nitrogens is 1. The molecule has 1 aromatic heterocycles. The highest BCUT2D eigenvalue weighted by Gasteiger charge is 2.24. The van der Waals surface area contributed by atoms with Crippen molar-refractivity contribution in [1.29, 1.82) is 0 Å². The summed E-state index contributed by atoms with van der Waals surface area (Å²) in [6, 6.07) is 3.97. The van der Waals surface area contributed by atoms with Gasteiger partial charge in [0.2, 0.25) is 0 Å². The minimum atomic E-state index is 0.0908. The average molecular weight is 290 g/mol. The molecule has 0 bridgehead atoms. The Hall–Kier alpha value is -1.62. The maximum absolute atomic E-state index is 12.4. The third-order valence-electron chi connectivity index (χ3n) is 4.34. The molecule has 114 valence electrons. The lowest BCUT2D eigenvalue weighted by molar-refractivity contribution is -0.364. The fraction of sp³-hybridized carbons (Fsp3) is 0.625. The zero-order valence-corrected chi connectivity index (χ0v) is 12.7. The molecule has 2 aliphatic rings. The highest BCUT2D eigenvalue weighted by atomic mass is 16.5. The van der Waals surface area contributed by atoms with Crippen LogP contribution in [0.4, 0.5) is 5.82 Å². The third-order valence-corrected chi connectivity index (χ3v) is 4.34. The number of anilines is 1. The maximum atomic E-state index is 12.4. The average Bonchev–Trinajstić information content (AvgIpc) is 2.55. The number of rotatable bonds is 2. The fourth-order valence-electron chi connectivity index (χ4n) is 3.10. The van der Waals surface area contributed by atoms with Crippen LogP contribution in [0.1, 0.15) is 30.1 Å². The van der Waals surface area contributed by atoms with Crippen LogP contribution in [0.25, 0.3) is 0 Å². The van der Waals surface area contributed by atoms with Crippen molar-refractivity contribution < 1.29 is 14.5 Å². The Bertz CT molecular complexity index is 483. The highest BCUT2D eigenvalue weighted by molar-refractivity contribution is 5.93. The first kappa shape index (κ1) is 14.3. The molecule has 5 nitrogen and oxygen atoms in total. The smallest absolute Gasteiger partial charge is 0.274 e. The molecule has 0 aromatic carbocycles.